The van der Waals surface area contributed by atoms with Crippen LogP contribution in [0.4, 0.5) is 17.2 Å². The smallest absolute Gasteiger partial charge is 0.247 e. The number of hydrogen-bond donors (Lipinski definition) is 2. The van der Waals surface area contributed by atoms with Crippen molar-refractivity contribution in [1.29, 1.82) is 0 Å². The minimum atomic E-state index is -0.273. The number of anilines is 3. The fraction of sp³-hybridized carbons (Fsp3) is 0.276. The predicted molar refractivity (Wildman–Crippen MR) is 159 cm³/mol. The number of hydrogen-bond acceptors (Lipinski definition) is 7. The van der Waals surface area contributed by atoms with E-state index in [1.54, 1.807) is 0 Å². The molecule has 0 bridgehead atoms. The number of nitrogens with zero attached hydrogens (tertiary/aromatic N) is 4. The highest BCUT2D eigenvalue weighted by atomic mass is 35.5. The summed E-state index contributed by atoms with van der Waals surface area (Å²) in [4.78, 5) is 25.6. The number of halogens is 1. The fourth-order valence-electron chi connectivity index (χ4n) is 4.16. The van der Waals surface area contributed by atoms with Gasteiger partial charge in [-0.15, -0.1) is 12.4 Å². The summed E-state index contributed by atoms with van der Waals surface area (Å²) in [7, 11) is 6.10. The molecule has 0 aliphatic carbocycles. The molecule has 0 saturated carbocycles. The Morgan fingerprint density at radius 1 is 1.05 bits per heavy atom. The number of likely N-dealkylation sites (N-methyl/N-ethyl adjacent to an activating group) is 2. The van der Waals surface area contributed by atoms with E-state index in [1.807, 2.05) is 69.7 Å². The number of nitrogens with one attached hydrogen (secondary N) is 2. The zero-order chi connectivity index (χ0) is 26.5. The second-order valence-electron chi connectivity index (χ2n) is 9.52. The molecule has 4 rings (SSSR count). The number of carbonyl (C=O) groups excluding carboxylic acids is 1. The molecule has 4 aromatic rings. The van der Waals surface area contributed by atoms with E-state index in [0.29, 0.717) is 23.0 Å². The molecule has 0 fully saturated rings. The Bertz CT molecular complexity index is 1400. The minimum Gasteiger partial charge on any atom is -0.437 e. The molecular weight excluding hydrogens is 500 g/mol. The van der Waals surface area contributed by atoms with E-state index in [4.69, 9.17) is 4.42 Å². The Balaban J connectivity index is 0.00000400. The largest absolute Gasteiger partial charge is 0.437 e. The maximum atomic E-state index is 12.4. The van der Waals surface area contributed by atoms with Crippen molar-refractivity contribution >= 4 is 46.6 Å². The molecule has 0 aliphatic rings. The lowest BCUT2D eigenvalue weighted by molar-refractivity contribution is -0.111. The molecule has 38 heavy (non-hydrogen) atoms. The fourth-order valence-corrected chi connectivity index (χ4v) is 4.16. The van der Waals surface area contributed by atoms with E-state index in [2.05, 4.69) is 50.8 Å². The van der Waals surface area contributed by atoms with Gasteiger partial charge in [-0.05, 0) is 51.7 Å². The van der Waals surface area contributed by atoms with Crippen molar-refractivity contribution in [3.63, 3.8) is 0 Å². The van der Waals surface area contributed by atoms with Crippen LogP contribution >= 0.6 is 12.4 Å². The number of rotatable bonds is 10. The van der Waals surface area contributed by atoms with E-state index >= 15 is 0 Å². The molecule has 0 saturated heterocycles. The van der Waals surface area contributed by atoms with Crippen LogP contribution in [-0.4, -0.2) is 61.0 Å². The van der Waals surface area contributed by atoms with Crippen LogP contribution < -0.4 is 15.5 Å². The molecule has 2 aromatic heterocycles. The van der Waals surface area contributed by atoms with E-state index < -0.39 is 0 Å². The van der Waals surface area contributed by atoms with Crippen LogP contribution in [0.3, 0.4) is 0 Å². The molecule has 200 valence electrons. The van der Waals surface area contributed by atoms with E-state index in [1.165, 1.54) is 12.4 Å². The average molecular weight is 535 g/mol. The first kappa shape index (κ1) is 28.7. The van der Waals surface area contributed by atoms with E-state index in [-0.39, 0.29) is 24.4 Å². The van der Waals surface area contributed by atoms with E-state index in [9.17, 15) is 4.79 Å². The lowest BCUT2D eigenvalue weighted by atomic mass is 9.98. The zero-order valence-corrected chi connectivity index (χ0v) is 23.3. The van der Waals surface area contributed by atoms with Crippen molar-refractivity contribution in [3.05, 3.63) is 67.5 Å². The van der Waals surface area contributed by atoms with Gasteiger partial charge >= 0.3 is 0 Å². The first-order chi connectivity index (χ1) is 17.8. The van der Waals surface area contributed by atoms with Crippen molar-refractivity contribution in [2.45, 2.75) is 19.9 Å². The van der Waals surface area contributed by atoms with Gasteiger partial charge in [0.1, 0.15) is 17.9 Å². The van der Waals surface area contributed by atoms with Gasteiger partial charge in [0, 0.05) is 37.3 Å². The zero-order valence-electron chi connectivity index (χ0n) is 22.5. The van der Waals surface area contributed by atoms with E-state index in [0.717, 1.165) is 40.9 Å². The quantitative estimate of drug-likeness (QED) is 0.244. The normalized spacial score (nSPS) is 10.9. The first-order valence-corrected chi connectivity index (χ1v) is 12.3. The number of benzene rings is 2. The molecule has 0 unspecified atom stereocenters. The summed E-state index contributed by atoms with van der Waals surface area (Å²) in [6.45, 7) is 9.42. The molecule has 9 heteroatoms. The second kappa shape index (κ2) is 12.6. The summed E-state index contributed by atoms with van der Waals surface area (Å²) in [5, 5.41) is 7.22. The summed E-state index contributed by atoms with van der Waals surface area (Å²) in [5.41, 5.74) is 4.76. The topological polar surface area (TPSA) is 86.5 Å². The highest BCUT2D eigenvalue weighted by Crippen LogP contribution is 2.44. The summed E-state index contributed by atoms with van der Waals surface area (Å²) < 4.78 is 6.34. The third kappa shape index (κ3) is 6.33. The van der Waals surface area contributed by atoms with Crippen molar-refractivity contribution in [1.82, 2.24) is 14.9 Å². The molecule has 2 aromatic carbocycles. The number of amides is 1. The van der Waals surface area contributed by atoms with Gasteiger partial charge in [0.2, 0.25) is 11.6 Å². The average Bonchev–Trinajstić information content (AvgIpc) is 3.28. The first-order valence-electron chi connectivity index (χ1n) is 12.3. The lowest BCUT2D eigenvalue weighted by Crippen LogP contribution is -2.29. The molecular formula is C29H35ClN6O2. The molecule has 0 aliphatic heterocycles. The number of furan rings is 1. The Labute approximate surface area is 230 Å². The van der Waals surface area contributed by atoms with Crippen LogP contribution in [0.5, 0.6) is 0 Å². The third-order valence-corrected chi connectivity index (χ3v) is 5.97. The molecule has 1 amide bonds. The summed E-state index contributed by atoms with van der Waals surface area (Å²) in [6, 6.07) is 16.2. The molecule has 8 nitrogen and oxygen atoms in total. The van der Waals surface area contributed by atoms with Crippen molar-refractivity contribution in [2.75, 3.05) is 49.8 Å². The Morgan fingerprint density at radius 3 is 2.45 bits per heavy atom. The van der Waals surface area contributed by atoms with Crippen LogP contribution in [-0.2, 0) is 4.79 Å². The van der Waals surface area contributed by atoms with Crippen LogP contribution in [0, 0.1) is 0 Å². The molecule has 0 atom stereocenters. The van der Waals surface area contributed by atoms with Crippen molar-refractivity contribution < 1.29 is 9.21 Å². The van der Waals surface area contributed by atoms with Crippen LogP contribution in [0.15, 0.2) is 71.9 Å². The summed E-state index contributed by atoms with van der Waals surface area (Å²) in [5.74, 6) is 1.12. The second-order valence-corrected chi connectivity index (χ2v) is 9.52. The maximum absolute atomic E-state index is 12.4. The van der Waals surface area contributed by atoms with Gasteiger partial charge in [-0.3, -0.25) is 4.79 Å². The highest BCUT2D eigenvalue weighted by molar-refractivity contribution is 6.08. The minimum absolute atomic E-state index is 0. The van der Waals surface area contributed by atoms with Gasteiger partial charge in [-0.2, -0.15) is 0 Å². The molecule has 2 heterocycles. The maximum Gasteiger partial charge on any atom is 0.247 e. The Morgan fingerprint density at radius 2 is 1.79 bits per heavy atom. The van der Waals surface area contributed by atoms with Crippen molar-refractivity contribution in [3.8, 4) is 22.5 Å². The van der Waals surface area contributed by atoms with Gasteiger partial charge in [-0.25, -0.2) is 9.97 Å². The van der Waals surface area contributed by atoms with Crippen LogP contribution in [0.1, 0.15) is 13.8 Å². The highest BCUT2D eigenvalue weighted by Gasteiger charge is 2.23. The van der Waals surface area contributed by atoms with Gasteiger partial charge < -0.3 is 24.9 Å². The van der Waals surface area contributed by atoms with Gasteiger partial charge in [0.05, 0.1) is 16.8 Å². The SMILES string of the molecule is C=CC(=O)Nc1cc(-c2c(-c3ccccc3)oc3ncnc(NC(C)C)c23)ccc1N(C)CCN(C)C.Cl. The van der Waals surface area contributed by atoms with Crippen molar-refractivity contribution in [2.24, 2.45) is 0 Å². The third-order valence-electron chi connectivity index (χ3n) is 5.97. The predicted octanol–water partition coefficient (Wildman–Crippen LogP) is 5.92. The molecule has 2 N–H and O–H groups in total. The van der Waals surface area contributed by atoms with Crippen LogP contribution in [0.2, 0.25) is 0 Å². The van der Waals surface area contributed by atoms with Gasteiger partial charge in [0.15, 0.2) is 0 Å². The number of aromatic nitrogens is 2. The standard InChI is InChI=1S/C29H34N6O2.ClH/c1-7-24(36)33-22-17-21(13-14-23(22)35(6)16-15-34(4)5)25-26-28(32-19(2)3)30-18-31-29(26)37-27(25)20-11-9-8-10-12-20;/h7-14,17-19H,1,15-16H2,2-6H3,(H,33,36)(H,30,31,32);1H. The Kier molecular flexibility index (Phi) is 9.50. The molecule has 0 radical (unpaired) electrons. The van der Waals surface area contributed by atoms with Gasteiger partial charge in [-0.1, -0.05) is 43.0 Å². The van der Waals surface area contributed by atoms with Crippen LogP contribution in [0.25, 0.3) is 33.6 Å². The molecule has 0 spiro atoms. The van der Waals surface area contributed by atoms with Gasteiger partial charge in [0.25, 0.3) is 0 Å². The number of carbonyl (C=O) groups is 1. The monoisotopic (exact) mass is 534 g/mol. The Hall–Kier alpha value is -3.88. The summed E-state index contributed by atoms with van der Waals surface area (Å²) >= 11 is 0. The number of fused-ring (bicyclic) bond motifs is 1. The summed E-state index contributed by atoms with van der Waals surface area (Å²) in [6.07, 6.45) is 2.78. The lowest BCUT2D eigenvalue weighted by Gasteiger charge is -2.25.